The number of rotatable bonds is 3. The minimum atomic E-state index is -0.0153. The number of ether oxygens (including phenoxy) is 1. The Balaban J connectivity index is 3.07. The maximum Gasteiger partial charge on any atom is 0.174 e. The first-order valence-electron chi connectivity index (χ1n) is 4.44. The van der Waals surface area contributed by atoms with Gasteiger partial charge in [0, 0.05) is 25.2 Å². The second-order valence-corrected chi connectivity index (χ2v) is 2.99. The summed E-state index contributed by atoms with van der Waals surface area (Å²) in [6, 6.07) is 1.71. The zero-order valence-corrected chi connectivity index (χ0v) is 8.33. The molecule has 0 aliphatic carbocycles. The third kappa shape index (κ3) is 1.91. The zero-order chi connectivity index (χ0) is 9.84. The Morgan fingerprint density at radius 2 is 2.23 bits per heavy atom. The fraction of sp³-hybridized carbons (Fsp3) is 0.500. The van der Waals surface area contributed by atoms with E-state index in [1.807, 2.05) is 17.7 Å². The lowest BCUT2D eigenvalue weighted by molar-refractivity contribution is -0.705. The van der Waals surface area contributed by atoms with Gasteiger partial charge in [-0.15, -0.1) is 0 Å². The van der Waals surface area contributed by atoms with Crippen LogP contribution < -0.4 is 14.4 Å². The summed E-state index contributed by atoms with van der Waals surface area (Å²) in [6.45, 7) is 4.78. The molecule has 0 aliphatic rings. The van der Waals surface area contributed by atoms with E-state index in [0.29, 0.717) is 5.75 Å². The number of methoxy groups -OCH3 is 1. The second kappa shape index (κ2) is 4.12. The molecule has 0 atom stereocenters. The highest BCUT2D eigenvalue weighted by molar-refractivity contribution is 5.36. The molecule has 1 aromatic rings. The molecule has 1 aromatic heterocycles. The third-order valence-corrected chi connectivity index (χ3v) is 2.07. The van der Waals surface area contributed by atoms with Crippen molar-refractivity contribution in [2.75, 3.05) is 7.11 Å². The van der Waals surface area contributed by atoms with E-state index in [-0.39, 0.29) is 5.75 Å². The fourth-order valence-corrected chi connectivity index (χ4v) is 1.30. The molecule has 0 unspecified atom stereocenters. The molecule has 0 bridgehead atoms. The molecule has 0 saturated carbocycles. The van der Waals surface area contributed by atoms with Gasteiger partial charge in [0.2, 0.25) is 0 Å². The van der Waals surface area contributed by atoms with Gasteiger partial charge in [-0.3, -0.25) is 0 Å². The quantitative estimate of drug-likeness (QED) is 0.646. The molecular weight excluding hydrogens is 166 g/mol. The van der Waals surface area contributed by atoms with Crippen LogP contribution in [0.3, 0.4) is 0 Å². The second-order valence-electron chi connectivity index (χ2n) is 2.99. The molecule has 72 valence electrons. The first kappa shape index (κ1) is 9.84. The van der Waals surface area contributed by atoms with E-state index >= 15 is 0 Å². The average molecular weight is 181 g/mol. The lowest BCUT2D eigenvalue weighted by Crippen LogP contribution is -2.37. The van der Waals surface area contributed by atoms with Gasteiger partial charge in [-0.25, -0.2) is 4.57 Å². The monoisotopic (exact) mass is 181 g/mol. The van der Waals surface area contributed by atoms with Crippen LogP contribution in [0.2, 0.25) is 0 Å². The zero-order valence-electron chi connectivity index (χ0n) is 8.33. The van der Waals surface area contributed by atoms with Gasteiger partial charge in [-0.05, 0) is 0 Å². The summed E-state index contributed by atoms with van der Waals surface area (Å²) in [5.41, 5.74) is 0.737. The summed E-state index contributed by atoms with van der Waals surface area (Å²) in [4.78, 5) is 0. The van der Waals surface area contributed by atoms with Gasteiger partial charge in [0.1, 0.15) is 12.3 Å². The topological polar surface area (TPSA) is 36.2 Å². The van der Waals surface area contributed by atoms with Crippen molar-refractivity contribution in [2.45, 2.75) is 26.8 Å². The molecule has 0 aliphatic heterocycles. The number of nitrogens with zero attached hydrogens (tertiary/aromatic N) is 1. The Hall–Kier alpha value is -1.25. The van der Waals surface area contributed by atoms with Crippen LogP contribution in [-0.4, -0.2) is 7.11 Å². The summed E-state index contributed by atoms with van der Waals surface area (Å²) in [6.07, 6.45) is 2.91. The Bertz CT molecular complexity index is 297. The number of aromatic nitrogens is 1. The first-order valence-corrected chi connectivity index (χ1v) is 4.44. The van der Waals surface area contributed by atoms with Crippen molar-refractivity contribution in [1.29, 1.82) is 0 Å². The van der Waals surface area contributed by atoms with Crippen LogP contribution in [-0.2, 0) is 6.54 Å². The Labute approximate surface area is 78.6 Å². The van der Waals surface area contributed by atoms with Crippen LogP contribution in [0.25, 0.3) is 0 Å². The largest absolute Gasteiger partial charge is 0.866 e. The van der Waals surface area contributed by atoms with Gasteiger partial charge in [-0.2, -0.15) is 0 Å². The van der Waals surface area contributed by atoms with Crippen LogP contribution in [0.15, 0.2) is 12.3 Å². The maximum absolute atomic E-state index is 11.5. The van der Waals surface area contributed by atoms with Crippen LogP contribution >= 0.6 is 0 Å². The van der Waals surface area contributed by atoms with Crippen molar-refractivity contribution in [2.24, 2.45) is 0 Å². The minimum absolute atomic E-state index is 0.0153. The van der Waals surface area contributed by atoms with Gasteiger partial charge in [0.25, 0.3) is 0 Å². The van der Waals surface area contributed by atoms with Crippen molar-refractivity contribution >= 4 is 0 Å². The van der Waals surface area contributed by atoms with Crippen molar-refractivity contribution < 1.29 is 14.4 Å². The molecule has 0 radical (unpaired) electrons. The van der Waals surface area contributed by atoms with E-state index < -0.39 is 0 Å². The molecule has 1 rings (SSSR count). The van der Waals surface area contributed by atoms with E-state index in [1.54, 1.807) is 6.07 Å². The normalized spacial score (nSPS) is 10.1. The van der Waals surface area contributed by atoms with Gasteiger partial charge in [-0.1, -0.05) is 6.92 Å². The summed E-state index contributed by atoms with van der Waals surface area (Å²) >= 11 is 0. The molecular formula is C10H15NO2. The van der Waals surface area contributed by atoms with Crippen molar-refractivity contribution in [3.63, 3.8) is 0 Å². The molecule has 3 nitrogen and oxygen atoms in total. The predicted octanol–water partition coefficient (Wildman–Crippen LogP) is 0.775. The number of pyridine rings is 1. The molecule has 1 heterocycles. The van der Waals surface area contributed by atoms with Crippen molar-refractivity contribution in [3.8, 4) is 11.5 Å². The lowest BCUT2D eigenvalue weighted by atomic mass is 10.3. The van der Waals surface area contributed by atoms with E-state index in [1.165, 1.54) is 7.11 Å². The Morgan fingerprint density at radius 3 is 2.77 bits per heavy atom. The average Bonchev–Trinajstić information content (AvgIpc) is 2.14. The van der Waals surface area contributed by atoms with Gasteiger partial charge in [0.15, 0.2) is 11.9 Å². The van der Waals surface area contributed by atoms with Crippen LogP contribution in [0.5, 0.6) is 11.5 Å². The molecule has 0 aromatic carbocycles. The molecule has 0 fully saturated rings. The molecule has 13 heavy (non-hydrogen) atoms. The standard InChI is InChI=1S/C10H15NO2/c1-4-6-11-7-5-9(13-3)10(12)8(11)2/h5,7H,4,6H2,1-3H3. The molecule has 0 N–H and O–H groups in total. The molecule has 0 saturated heterocycles. The van der Waals surface area contributed by atoms with E-state index in [9.17, 15) is 5.11 Å². The van der Waals surface area contributed by atoms with Crippen LogP contribution in [0.4, 0.5) is 0 Å². The highest BCUT2D eigenvalue weighted by Crippen LogP contribution is 2.22. The summed E-state index contributed by atoms with van der Waals surface area (Å²) in [5.74, 6) is 0.406. The SMILES string of the molecule is CCC[n+]1ccc(OC)c([O-])c1C. The minimum Gasteiger partial charge on any atom is -0.866 e. The first-order chi connectivity index (χ1) is 6.20. The summed E-state index contributed by atoms with van der Waals surface area (Å²) in [7, 11) is 1.51. The lowest BCUT2D eigenvalue weighted by Gasteiger charge is -2.13. The summed E-state index contributed by atoms with van der Waals surface area (Å²) < 4.78 is 6.88. The predicted molar refractivity (Wildman–Crippen MR) is 47.7 cm³/mol. The number of hydrogen-bond donors (Lipinski definition) is 0. The van der Waals surface area contributed by atoms with Gasteiger partial charge in [0.05, 0.1) is 7.11 Å². The Kier molecular flexibility index (Phi) is 3.12. The molecule has 0 amide bonds. The number of hydrogen-bond acceptors (Lipinski definition) is 2. The third-order valence-electron chi connectivity index (χ3n) is 2.07. The van der Waals surface area contributed by atoms with E-state index in [0.717, 1.165) is 18.7 Å². The maximum atomic E-state index is 11.5. The van der Waals surface area contributed by atoms with Crippen molar-refractivity contribution in [1.82, 2.24) is 0 Å². The van der Waals surface area contributed by atoms with Gasteiger partial charge >= 0.3 is 0 Å². The number of aryl methyl sites for hydroxylation is 1. The highest BCUT2D eigenvalue weighted by atomic mass is 16.5. The van der Waals surface area contributed by atoms with Crippen LogP contribution in [0.1, 0.15) is 19.0 Å². The molecule has 3 heteroatoms. The van der Waals surface area contributed by atoms with E-state index in [2.05, 4.69) is 6.92 Å². The Morgan fingerprint density at radius 1 is 1.54 bits per heavy atom. The van der Waals surface area contributed by atoms with E-state index in [4.69, 9.17) is 4.74 Å². The van der Waals surface area contributed by atoms with Gasteiger partial charge < -0.3 is 9.84 Å². The highest BCUT2D eigenvalue weighted by Gasteiger charge is 2.08. The van der Waals surface area contributed by atoms with Crippen LogP contribution in [0, 0.1) is 6.92 Å². The fourth-order valence-electron chi connectivity index (χ4n) is 1.30. The smallest absolute Gasteiger partial charge is 0.174 e. The summed E-state index contributed by atoms with van der Waals surface area (Å²) in [5, 5.41) is 11.5. The molecule has 0 spiro atoms. The van der Waals surface area contributed by atoms with Crippen molar-refractivity contribution in [3.05, 3.63) is 18.0 Å².